The Hall–Kier alpha value is -1.59. The Balaban J connectivity index is 2.04. The molecule has 0 radical (unpaired) electrons. The zero-order chi connectivity index (χ0) is 15.8. The number of carbonyl (C=O) groups is 1. The number of piperidine rings is 1. The molecule has 5 heteroatoms. The molecule has 22 heavy (non-hydrogen) atoms. The largest absolute Gasteiger partial charge is 0.385 e. The second-order valence-electron chi connectivity index (χ2n) is 5.73. The van der Waals surface area contributed by atoms with Crippen LogP contribution in [0.1, 0.15) is 30.9 Å². The van der Waals surface area contributed by atoms with E-state index in [0.717, 1.165) is 31.4 Å². The summed E-state index contributed by atoms with van der Waals surface area (Å²) in [7, 11) is 1.69. The first-order chi connectivity index (χ1) is 10.7. The molecule has 2 amide bonds. The molecule has 0 spiro atoms. The molecule has 1 fully saturated rings. The Kier molecular flexibility index (Phi) is 6.68. The highest BCUT2D eigenvalue weighted by atomic mass is 16.5. The molecule has 1 aliphatic heterocycles. The number of carbonyl (C=O) groups excluding carboxylic acids is 1. The van der Waals surface area contributed by atoms with Crippen LogP contribution in [0.5, 0.6) is 0 Å². The van der Waals surface area contributed by atoms with Gasteiger partial charge in [0.1, 0.15) is 0 Å². The monoisotopic (exact) mass is 306 g/mol. The van der Waals surface area contributed by atoms with E-state index in [0.29, 0.717) is 19.8 Å². The lowest BCUT2D eigenvalue weighted by atomic mass is 9.88. The summed E-state index contributed by atoms with van der Waals surface area (Å²) in [6.45, 7) is 2.76. The normalized spacial score (nSPS) is 19.9. The highest BCUT2D eigenvalue weighted by Crippen LogP contribution is 2.32. The quantitative estimate of drug-likeness (QED) is 0.787. The van der Waals surface area contributed by atoms with Crippen molar-refractivity contribution < 1.29 is 14.3 Å². The van der Waals surface area contributed by atoms with Crippen LogP contribution in [-0.4, -0.2) is 44.3 Å². The number of likely N-dealkylation sites (tertiary alicyclic amines) is 1. The molecular formula is C17H26N2O3. The average molecular weight is 306 g/mol. The Labute approximate surface area is 132 Å². The number of primary amides is 1. The number of hydrogen-bond acceptors (Lipinski definition) is 3. The van der Waals surface area contributed by atoms with Gasteiger partial charge in [0.05, 0.1) is 6.10 Å². The number of nitrogens with zero attached hydrogens (tertiary/aromatic N) is 1. The molecule has 1 aromatic rings. The van der Waals surface area contributed by atoms with Gasteiger partial charge in [-0.05, 0) is 24.8 Å². The summed E-state index contributed by atoms with van der Waals surface area (Å²) < 4.78 is 11.2. The van der Waals surface area contributed by atoms with Crippen LogP contribution in [0.15, 0.2) is 30.3 Å². The molecular weight excluding hydrogens is 280 g/mol. The van der Waals surface area contributed by atoms with E-state index in [9.17, 15) is 4.79 Å². The fraction of sp³-hybridized carbons (Fsp3) is 0.588. The summed E-state index contributed by atoms with van der Waals surface area (Å²) in [6.07, 6.45) is 2.89. The molecule has 2 atom stereocenters. The van der Waals surface area contributed by atoms with Crippen molar-refractivity contribution in [2.75, 3.05) is 33.4 Å². The first-order valence-electron chi connectivity index (χ1n) is 7.92. The summed E-state index contributed by atoms with van der Waals surface area (Å²) in [5.41, 5.74) is 6.60. The molecule has 0 bridgehead atoms. The van der Waals surface area contributed by atoms with Gasteiger partial charge in [-0.25, -0.2) is 4.79 Å². The topological polar surface area (TPSA) is 64.8 Å². The highest BCUT2D eigenvalue weighted by molar-refractivity contribution is 5.72. The highest BCUT2D eigenvalue weighted by Gasteiger charge is 2.30. The second-order valence-corrected chi connectivity index (χ2v) is 5.73. The van der Waals surface area contributed by atoms with Gasteiger partial charge in [-0.3, -0.25) is 0 Å². The predicted molar refractivity (Wildman–Crippen MR) is 85.5 cm³/mol. The molecule has 5 nitrogen and oxygen atoms in total. The van der Waals surface area contributed by atoms with Crippen molar-refractivity contribution in [3.63, 3.8) is 0 Å². The number of amides is 2. The summed E-state index contributed by atoms with van der Waals surface area (Å²) >= 11 is 0. The van der Waals surface area contributed by atoms with E-state index in [1.165, 1.54) is 0 Å². The predicted octanol–water partition coefficient (Wildman–Crippen LogP) is 2.57. The zero-order valence-electron chi connectivity index (χ0n) is 13.2. The van der Waals surface area contributed by atoms with Crippen molar-refractivity contribution >= 4 is 6.03 Å². The Morgan fingerprint density at radius 1 is 1.36 bits per heavy atom. The van der Waals surface area contributed by atoms with E-state index >= 15 is 0 Å². The summed E-state index contributed by atoms with van der Waals surface area (Å²) in [5.74, 6) is 0.284. The Morgan fingerprint density at radius 2 is 2.14 bits per heavy atom. The molecule has 2 N–H and O–H groups in total. The Morgan fingerprint density at radius 3 is 2.82 bits per heavy atom. The van der Waals surface area contributed by atoms with Gasteiger partial charge >= 0.3 is 6.03 Å². The van der Waals surface area contributed by atoms with Gasteiger partial charge in [0.2, 0.25) is 0 Å². The van der Waals surface area contributed by atoms with Crippen molar-refractivity contribution in [3.05, 3.63) is 35.9 Å². The molecule has 1 saturated heterocycles. The minimum Gasteiger partial charge on any atom is -0.385 e. The number of benzene rings is 1. The van der Waals surface area contributed by atoms with E-state index in [2.05, 4.69) is 12.1 Å². The van der Waals surface area contributed by atoms with Gasteiger partial charge in [-0.2, -0.15) is 0 Å². The lowest BCUT2D eigenvalue weighted by Crippen LogP contribution is -2.44. The maximum Gasteiger partial charge on any atom is 0.314 e. The van der Waals surface area contributed by atoms with Gasteiger partial charge in [0, 0.05) is 39.3 Å². The van der Waals surface area contributed by atoms with Gasteiger partial charge in [0.15, 0.2) is 0 Å². The number of hydrogen-bond donors (Lipinski definition) is 1. The third-order valence-electron chi connectivity index (χ3n) is 4.12. The van der Waals surface area contributed by atoms with Gasteiger partial charge in [-0.1, -0.05) is 30.3 Å². The molecule has 0 saturated carbocycles. The van der Waals surface area contributed by atoms with Crippen LogP contribution in [-0.2, 0) is 9.47 Å². The van der Waals surface area contributed by atoms with Gasteiger partial charge in [0.25, 0.3) is 0 Å². The van der Waals surface area contributed by atoms with Crippen molar-refractivity contribution in [2.45, 2.75) is 25.4 Å². The number of ether oxygens (including phenoxy) is 2. The van der Waals surface area contributed by atoms with Crippen molar-refractivity contribution in [1.29, 1.82) is 0 Å². The maximum absolute atomic E-state index is 11.4. The fourth-order valence-electron chi connectivity index (χ4n) is 3.02. The standard InChI is InChI=1S/C17H26N2O3/c1-21-11-6-12-22-16(14-7-3-2-4-8-14)15-9-5-10-19(13-15)17(18)20/h2-4,7-8,15-16H,5-6,9-13H2,1H3,(H2,18,20)/t15-,16+/m1/s1. The molecule has 2 rings (SSSR count). The summed E-state index contributed by atoms with van der Waals surface area (Å²) in [4.78, 5) is 13.2. The maximum atomic E-state index is 11.4. The van der Waals surface area contributed by atoms with Crippen molar-refractivity contribution in [1.82, 2.24) is 4.90 Å². The van der Waals surface area contributed by atoms with E-state index in [1.807, 2.05) is 18.2 Å². The van der Waals surface area contributed by atoms with E-state index in [1.54, 1.807) is 12.0 Å². The van der Waals surface area contributed by atoms with Crippen molar-refractivity contribution in [3.8, 4) is 0 Å². The van der Waals surface area contributed by atoms with Gasteiger partial charge < -0.3 is 20.1 Å². The lowest BCUT2D eigenvalue weighted by Gasteiger charge is -2.36. The molecule has 1 aliphatic rings. The van der Waals surface area contributed by atoms with Crippen LogP contribution >= 0.6 is 0 Å². The minimum atomic E-state index is -0.337. The summed E-state index contributed by atoms with van der Waals surface area (Å²) in [6, 6.07) is 9.89. The minimum absolute atomic E-state index is 0.000191. The number of rotatable bonds is 7. The Bertz CT molecular complexity index is 452. The molecule has 122 valence electrons. The van der Waals surface area contributed by atoms with Crippen LogP contribution in [0.3, 0.4) is 0 Å². The average Bonchev–Trinajstić information content (AvgIpc) is 2.56. The summed E-state index contributed by atoms with van der Waals surface area (Å²) in [5, 5.41) is 0. The van der Waals surface area contributed by atoms with Crippen LogP contribution in [0.2, 0.25) is 0 Å². The van der Waals surface area contributed by atoms with Crippen LogP contribution < -0.4 is 5.73 Å². The number of methoxy groups -OCH3 is 1. The number of urea groups is 1. The van der Waals surface area contributed by atoms with Gasteiger partial charge in [-0.15, -0.1) is 0 Å². The third kappa shape index (κ3) is 4.71. The molecule has 1 aromatic carbocycles. The molecule has 0 aromatic heterocycles. The van der Waals surface area contributed by atoms with E-state index in [-0.39, 0.29) is 18.1 Å². The SMILES string of the molecule is COCCCO[C@@H](c1ccccc1)[C@@H]1CCCN(C(N)=O)C1. The smallest absolute Gasteiger partial charge is 0.314 e. The van der Waals surface area contributed by atoms with Crippen LogP contribution in [0, 0.1) is 5.92 Å². The molecule has 0 unspecified atom stereocenters. The van der Waals surface area contributed by atoms with Crippen LogP contribution in [0.4, 0.5) is 4.79 Å². The third-order valence-corrected chi connectivity index (χ3v) is 4.12. The fourth-order valence-corrected chi connectivity index (χ4v) is 3.02. The van der Waals surface area contributed by atoms with E-state index < -0.39 is 0 Å². The van der Waals surface area contributed by atoms with E-state index in [4.69, 9.17) is 15.2 Å². The zero-order valence-corrected chi connectivity index (χ0v) is 13.2. The first-order valence-corrected chi connectivity index (χ1v) is 7.92. The molecule has 0 aliphatic carbocycles. The van der Waals surface area contributed by atoms with Crippen molar-refractivity contribution in [2.24, 2.45) is 11.7 Å². The second kappa shape index (κ2) is 8.76. The first kappa shape index (κ1) is 16.8. The lowest BCUT2D eigenvalue weighted by molar-refractivity contribution is -0.0162. The van der Waals surface area contributed by atoms with Crippen LogP contribution in [0.25, 0.3) is 0 Å². The number of nitrogens with two attached hydrogens (primary N) is 1. The molecule has 1 heterocycles.